The normalized spacial score (nSPS) is 10.1. The van der Waals surface area contributed by atoms with Crippen LogP contribution in [-0.2, 0) is 6.42 Å². The zero-order chi connectivity index (χ0) is 14.4. The van der Waals surface area contributed by atoms with E-state index in [1.165, 1.54) is 18.3 Å². The number of rotatable bonds is 4. The lowest BCUT2D eigenvalue weighted by atomic mass is 10.1. The molecule has 104 valence electrons. The molecule has 0 aliphatic carbocycles. The molecule has 0 unspecified atom stereocenters. The number of carbonyl (C=O) groups is 1. The van der Waals surface area contributed by atoms with E-state index in [0.29, 0.717) is 23.8 Å². The number of nitrogens with one attached hydrogen (secondary N) is 2. The van der Waals surface area contributed by atoms with Crippen LogP contribution in [0.2, 0.25) is 5.02 Å². The highest BCUT2D eigenvalue weighted by Gasteiger charge is 2.02. The second-order valence-electron chi connectivity index (χ2n) is 4.12. The average molecular weight is 294 g/mol. The van der Waals surface area contributed by atoms with E-state index in [-0.39, 0.29) is 11.8 Å². The lowest BCUT2D eigenvalue weighted by Gasteiger charge is -2.07. The van der Waals surface area contributed by atoms with Crippen molar-refractivity contribution in [1.82, 2.24) is 10.3 Å². The van der Waals surface area contributed by atoms with Gasteiger partial charge in [0.2, 0.25) is 0 Å². The standard InChI is InChI=1S/C14H13ClFN3O/c15-11-6-8-17-13(9-11)19-14(20)18-7-5-10-1-3-12(16)4-2-10/h1-4,6,8-9H,5,7H2,(H2,17,18,19,20). The molecule has 2 N–H and O–H groups in total. The summed E-state index contributed by atoms with van der Waals surface area (Å²) in [6, 6.07) is 8.99. The van der Waals surface area contributed by atoms with Crippen molar-refractivity contribution in [3.63, 3.8) is 0 Å². The highest BCUT2D eigenvalue weighted by Crippen LogP contribution is 2.11. The zero-order valence-corrected chi connectivity index (χ0v) is 11.3. The number of pyridine rings is 1. The number of urea groups is 1. The summed E-state index contributed by atoms with van der Waals surface area (Å²) in [6.07, 6.45) is 2.13. The van der Waals surface area contributed by atoms with E-state index >= 15 is 0 Å². The second kappa shape index (κ2) is 6.86. The van der Waals surface area contributed by atoms with Gasteiger partial charge in [-0.3, -0.25) is 5.32 Å². The van der Waals surface area contributed by atoms with Crippen LogP contribution >= 0.6 is 11.6 Å². The highest BCUT2D eigenvalue weighted by atomic mass is 35.5. The summed E-state index contributed by atoms with van der Waals surface area (Å²) >= 11 is 5.78. The Morgan fingerprint density at radius 1 is 1.25 bits per heavy atom. The minimum atomic E-state index is -0.359. The van der Waals surface area contributed by atoms with Crippen molar-refractivity contribution < 1.29 is 9.18 Å². The van der Waals surface area contributed by atoms with Crippen molar-refractivity contribution in [3.8, 4) is 0 Å². The van der Waals surface area contributed by atoms with Gasteiger partial charge in [0.1, 0.15) is 11.6 Å². The third-order valence-corrected chi connectivity index (χ3v) is 2.81. The predicted octanol–water partition coefficient (Wildman–Crippen LogP) is 3.24. The molecule has 1 heterocycles. The largest absolute Gasteiger partial charge is 0.337 e. The molecule has 0 fully saturated rings. The van der Waals surface area contributed by atoms with Crippen LogP contribution in [0.15, 0.2) is 42.6 Å². The predicted molar refractivity (Wildman–Crippen MR) is 76.4 cm³/mol. The maximum atomic E-state index is 12.7. The van der Waals surface area contributed by atoms with Gasteiger partial charge < -0.3 is 5.32 Å². The summed E-state index contributed by atoms with van der Waals surface area (Å²) in [5.74, 6) is 0.114. The molecule has 2 rings (SSSR count). The van der Waals surface area contributed by atoms with Crippen LogP contribution in [0.5, 0.6) is 0 Å². The number of anilines is 1. The quantitative estimate of drug-likeness (QED) is 0.909. The van der Waals surface area contributed by atoms with Crippen molar-refractivity contribution in [1.29, 1.82) is 0 Å². The van der Waals surface area contributed by atoms with Gasteiger partial charge in [0.05, 0.1) is 0 Å². The molecule has 6 heteroatoms. The van der Waals surface area contributed by atoms with Gasteiger partial charge in [0.15, 0.2) is 0 Å². The Morgan fingerprint density at radius 2 is 2.00 bits per heavy atom. The highest BCUT2D eigenvalue weighted by molar-refractivity contribution is 6.30. The Kier molecular flexibility index (Phi) is 4.90. The van der Waals surface area contributed by atoms with Gasteiger partial charge >= 0.3 is 6.03 Å². The molecule has 0 atom stereocenters. The summed E-state index contributed by atoms with van der Waals surface area (Å²) in [7, 11) is 0. The second-order valence-corrected chi connectivity index (χ2v) is 4.55. The summed E-state index contributed by atoms with van der Waals surface area (Å²) in [4.78, 5) is 15.6. The van der Waals surface area contributed by atoms with Crippen LogP contribution in [0.1, 0.15) is 5.56 Å². The molecule has 1 aromatic carbocycles. The lowest BCUT2D eigenvalue weighted by Crippen LogP contribution is -2.30. The van der Waals surface area contributed by atoms with Gasteiger partial charge in [0.25, 0.3) is 0 Å². The Labute approximate surface area is 121 Å². The van der Waals surface area contributed by atoms with E-state index in [9.17, 15) is 9.18 Å². The fourth-order valence-corrected chi connectivity index (χ4v) is 1.76. The molecular weight excluding hydrogens is 281 g/mol. The van der Waals surface area contributed by atoms with Crippen LogP contribution in [-0.4, -0.2) is 17.6 Å². The number of nitrogens with zero attached hydrogens (tertiary/aromatic N) is 1. The van der Waals surface area contributed by atoms with Crippen LogP contribution in [0.25, 0.3) is 0 Å². The third kappa shape index (κ3) is 4.51. The van der Waals surface area contributed by atoms with Crippen molar-refractivity contribution >= 4 is 23.4 Å². The SMILES string of the molecule is O=C(NCCc1ccc(F)cc1)Nc1cc(Cl)ccn1. The number of amides is 2. The van der Waals surface area contributed by atoms with Crippen molar-refractivity contribution in [2.45, 2.75) is 6.42 Å². The molecule has 0 radical (unpaired) electrons. The number of halogens is 2. The first-order chi connectivity index (χ1) is 9.63. The molecule has 4 nitrogen and oxygen atoms in total. The van der Waals surface area contributed by atoms with E-state index < -0.39 is 0 Å². The van der Waals surface area contributed by atoms with Crippen LogP contribution < -0.4 is 10.6 Å². The fraction of sp³-hybridized carbons (Fsp3) is 0.143. The van der Waals surface area contributed by atoms with Crippen LogP contribution in [0.4, 0.5) is 15.0 Å². The average Bonchev–Trinajstić information content (AvgIpc) is 2.41. The van der Waals surface area contributed by atoms with Crippen molar-refractivity contribution in [2.24, 2.45) is 0 Å². The number of hydrogen-bond acceptors (Lipinski definition) is 2. The molecule has 0 aliphatic rings. The summed E-state index contributed by atoms with van der Waals surface area (Å²) in [5, 5.41) is 5.76. The lowest BCUT2D eigenvalue weighted by molar-refractivity contribution is 0.252. The van der Waals surface area contributed by atoms with Gasteiger partial charge in [-0.05, 0) is 36.2 Å². The van der Waals surface area contributed by atoms with Gasteiger partial charge in [-0.1, -0.05) is 23.7 Å². The van der Waals surface area contributed by atoms with Crippen molar-refractivity contribution in [2.75, 3.05) is 11.9 Å². The molecule has 20 heavy (non-hydrogen) atoms. The van der Waals surface area contributed by atoms with Crippen LogP contribution in [0, 0.1) is 5.82 Å². The third-order valence-electron chi connectivity index (χ3n) is 2.58. The Hall–Kier alpha value is -2.14. The zero-order valence-electron chi connectivity index (χ0n) is 10.6. The van der Waals surface area contributed by atoms with E-state index in [2.05, 4.69) is 15.6 Å². The minimum absolute atomic E-state index is 0.272. The molecule has 1 aromatic heterocycles. The maximum Gasteiger partial charge on any atom is 0.320 e. The molecular formula is C14H13ClFN3O. The fourth-order valence-electron chi connectivity index (χ4n) is 1.61. The first kappa shape index (κ1) is 14.3. The first-order valence-electron chi connectivity index (χ1n) is 6.04. The Balaban J connectivity index is 1.76. The number of hydrogen-bond donors (Lipinski definition) is 2. The minimum Gasteiger partial charge on any atom is -0.337 e. The molecule has 2 amide bonds. The van der Waals surface area contributed by atoms with E-state index in [0.717, 1.165) is 5.56 Å². The Bertz CT molecular complexity index is 589. The summed E-state index contributed by atoms with van der Waals surface area (Å²) in [5.41, 5.74) is 0.951. The molecule has 0 spiro atoms. The van der Waals surface area contributed by atoms with Crippen LogP contribution in [0.3, 0.4) is 0 Å². The van der Waals surface area contributed by atoms with Gasteiger partial charge in [-0.25, -0.2) is 14.2 Å². The molecule has 0 bridgehead atoms. The number of carbonyl (C=O) groups excluding carboxylic acids is 1. The van der Waals surface area contributed by atoms with Gasteiger partial charge in [-0.2, -0.15) is 0 Å². The first-order valence-corrected chi connectivity index (χ1v) is 6.42. The summed E-state index contributed by atoms with van der Waals surface area (Å²) in [6.45, 7) is 0.442. The van der Waals surface area contributed by atoms with E-state index in [1.54, 1.807) is 24.3 Å². The molecule has 0 saturated heterocycles. The monoisotopic (exact) mass is 293 g/mol. The van der Waals surface area contributed by atoms with E-state index in [1.807, 2.05) is 0 Å². The van der Waals surface area contributed by atoms with Gasteiger partial charge in [-0.15, -0.1) is 0 Å². The number of aromatic nitrogens is 1. The Morgan fingerprint density at radius 3 is 2.70 bits per heavy atom. The molecule has 0 aliphatic heterocycles. The van der Waals surface area contributed by atoms with E-state index in [4.69, 9.17) is 11.6 Å². The van der Waals surface area contributed by atoms with Gasteiger partial charge in [0, 0.05) is 17.8 Å². The van der Waals surface area contributed by atoms with Crippen molar-refractivity contribution in [3.05, 3.63) is 59.0 Å². The number of benzene rings is 1. The summed E-state index contributed by atoms with van der Waals surface area (Å²) < 4.78 is 12.7. The molecule has 0 saturated carbocycles. The maximum absolute atomic E-state index is 12.7. The smallest absolute Gasteiger partial charge is 0.320 e. The molecule has 2 aromatic rings. The topological polar surface area (TPSA) is 54.0 Å².